The van der Waals surface area contributed by atoms with E-state index in [1.807, 2.05) is 26.0 Å². The van der Waals surface area contributed by atoms with Crippen molar-refractivity contribution in [2.45, 2.75) is 32.7 Å². The Kier molecular flexibility index (Phi) is 3.30. The number of carbonyl (C=O) groups is 1. The van der Waals surface area contributed by atoms with Crippen LogP contribution in [0.25, 0.3) is 11.1 Å². The second-order valence-corrected chi connectivity index (χ2v) is 5.87. The van der Waals surface area contributed by atoms with Gasteiger partial charge in [-0.1, -0.05) is 18.2 Å². The predicted octanol–water partition coefficient (Wildman–Crippen LogP) is 3.02. The zero-order valence-electron chi connectivity index (χ0n) is 12.4. The van der Waals surface area contributed by atoms with Crippen LogP contribution in [0.1, 0.15) is 45.1 Å². The standard InChI is InChI=1S/C18H20N2O/c1-10-8-12(18(20)21)9-11(2)17(10)15-5-3-4-14-13(15)6-7-16(14)19/h3-5,8-9,16H,6-7,19H2,1-2H3,(H2,20,21)/t16-/m1/s1. The quantitative estimate of drug-likeness (QED) is 0.887. The van der Waals surface area contributed by atoms with Crippen LogP contribution in [0.5, 0.6) is 0 Å². The molecule has 0 fully saturated rings. The van der Waals surface area contributed by atoms with Crippen molar-refractivity contribution < 1.29 is 4.79 Å². The first kappa shape index (κ1) is 13.8. The Balaban J connectivity index is 2.21. The summed E-state index contributed by atoms with van der Waals surface area (Å²) in [5, 5.41) is 0. The van der Waals surface area contributed by atoms with E-state index in [1.165, 1.54) is 22.3 Å². The minimum absolute atomic E-state index is 0.144. The SMILES string of the molecule is Cc1cc(C(N)=O)cc(C)c1-c1cccc2c1CC[C@H]2N. The summed E-state index contributed by atoms with van der Waals surface area (Å²) in [6, 6.07) is 10.2. The minimum Gasteiger partial charge on any atom is -0.366 e. The van der Waals surface area contributed by atoms with Gasteiger partial charge in [0.15, 0.2) is 0 Å². The predicted molar refractivity (Wildman–Crippen MR) is 85.1 cm³/mol. The van der Waals surface area contributed by atoms with Gasteiger partial charge < -0.3 is 11.5 Å². The van der Waals surface area contributed by atoms with E-state index in [4.69, 9.17) is 11.5 Å². The molecule has 0 aliphatic heterocycles. The highest BCUT2D eigenvalue weighted by Crippen LogP contribution is 2.39. The molecule has 2 aromatic rings. The van der Waals surface area contributed by atoms with Crippen molar-refractivity contribution in [3.63, 3.8) is 0 Å². The molecule has 3 nitrogen and oxygen atoms in total. The van der Waals surface area contributed by atoms with E-state index in [-0.39, 0.29) is 11.9 Å². The highest BCUT2D eigenvalue weighted by molar-refractivity contribution is 5.94. The van der Waals surface area contributed by atoms with E-state index >= 15 is 0 Å². The number of aryl methyl sites for hydroxylation is 2. The molecule has 0 unspecified atom stereocenters. The van der Waals surface area contributed by atoms with Gasteiger partial charge in [0, 0.05) is 11.6 Å². The maximum atomic E-state index is 11.4. The van der Waals surface area contributed by atoms with Crippen LogP contribution in [0.2, 0.25) is 0 Å². The Bertz CT molecular complexity index is 711. The summed E-state index contributed by atoms with van der Waals surface area (Å²) in [6.45, 7) is 4.06. The van der Waals surface area contributed by atoms with Crippen molar-refractivity contribution in [1.82, 2.24) is 0 Å². The number of amides is 1. The molecule has 0 radical (unpaired) electrons. The molecule has 1 aliphatic carbocycles. The summed E-state index contributed by atoms with van der Waals surface area (Å²) < 4.78 is 0. The van der Waals surface area contributed by atoms with Crippen molar-refractivity contribution in [3.8, 4) is 11.1 Å². The van der Waals surface area contributed by atoms with Crippen molar-refractivity contribution in [2.75, 3.05) is 0 Å². The normalized spacial score (nSPS) is 16.8. The van der Waals surface area contributed by atoms with Gasteiger partial charge in [0.1, 0.15) is 0 Å². The molecule has 2 aromatic carbocycles. The lowest BCUT2D eigenvalue weighted by atomic mass is 9.89. The molecule has 21 heavy (non-hydrogen) atoms. The molecule has 0 heterocycles. The van der Waals surface area contributed by atoms with Crippen LogP contribution in [0.15, 0.2) is 30.3 Å². The number of rotatable bonds is 2. The van der Waals surface area contributed by atoms with Gasteiger partial charge >= 0.3 is 0 Å². The van der Waals surface area contributed by atoms with Crippen molar-refractivity contribution >= 4 is 5.91 Å². The third-order valence-corrected chi connectivity index (χ3v) is 4.40. The molecule has 3 heteroatoms. The first-order valence-corrected chi connectivity index (χ1v) is 7.28. The summed E-state index contributed by atoms with van der Waals surface area (Å²) in [5.41, 5.74) is 19.3. The fraction of sp³-hybridized carbons (Fsp3) is 0.278. The van der Waals surface area contributed by atoms with Gasteiger partial charge in [-0.15, -0.1) is 0 Å². The third kappa shape index (κ3) is 2.24. The Labute approximate surface area is 125 Å². The fourth-order valence-electron chi connectivity index (χ4n) is 3.45. The second-order valence-electron chi connectivity index (χ2n) is 5.87. The van der Waals surface area contributed by atoms with Gasteiger partial charge in [-0.3, -0.25) is 4.79 Å². The van der Waals surface area contributed by atoms with Gasteiger partial charge in [0.25, 0.3) is 0 Å². The van der Waals surface area contributed by atoms with Crippen LogP contribution in [-0.2, 0) is 6.42 Å². The van der Waals surface area contributed by atoms with E-state index in [1.54, 1.807) is 0 Å². The zero-order chi connectivity index (χ0) is 15.1. The first-order chi connectivity index (χ1) is 9.99. The molecule has 1 aliphatic rings. The molecular formula is C18H20N2O. The van der Waals surface area contributed by atoms with Crippen LogP contribution in [0.4, 0.5) is 0 Å². The van der Waals surface area contributed by atoms with Crippen molar-refractivity contribution in [1.29, 1.82) is 0 Å². The summed E-state index contributed by atoms with van der Waals surface area (Å²) in [5.74, 6) is -0.381. The lowest BCUT2D eigenvalue weighted by molar-refractivity contribution is 0.1000. The second kappa shape index (κ2) is 5.01. The van der Waals surface area contributed by atoms with E-state index in [0.29, 0.717) is 5.56 Å². The Morgan fingerprint density at radius 1 is 1.19 bits per heavy atom. The highest BCUT2D eigenvalue weighted by atomic mass is 16.1. The molecular weight excluding hydrogens is 260 g/mol. The smallest absolute Gasteiger partial charge is 0.248 e. The molecule has 4 N–H and O–H groups in total. The number of primary amides is 1. The van der Waals surface area contributed by atoms with Crippen LogP contribution >= 0.6 is 0 Å². The lowest BCUT2D eigenvalue weighted by Crippen LogP contribution is -2.12. The number of nitrogens with two attached hydrogens (primary N) is 2. The van der Waals surface area contributed by atoms with Crippen LogP contribution in [0, 0.1) is 13.8 Å². The molecule has 0 saturated carbocycles. The van der Waals surface area contributed by atoms with E-state index in [0.717, 1.165) is 24.0 Å². The van der Waals surface area contributed by atoms with Gasteiger partial charge in [0.2, 0.25) is 5.91 Å². The molecule has 0 saturated heterocycles. The summed E-state index contributed by atoms with van der Waals surface area (Å²) in [6.07, 6.45) is 2.02. The maximum Gasteiger partial charge on any atom is 0.248 e. The van der Waals surface area contributed by atoms with Gasteiger partial charge in [-0.25, -0.2) is 0 Å². The van der Waals surface area contributed by atoms with Gasteiger partial charge in [0.05, 0.1) is 0 Å². The molecule has 1 amide bonds. The molecule has 108 valence electrons. The largest absolute Gasteiger partial charge is 0.366 e. The maximum absolute atomic E-state index is 11.4. The summed E-state index contributed by atoms with van der Waals surface area (Å²) in [7, 11) is 0. The minimum atomic E-state index is -0.381. The van der Waals surface area contributed by atoms with Crippen LogP contribution < -0.4 is 11.5 Å². The first-order valence-electron chi connectivity index (χ1n) is 7.28. The monoisotopic (exact) mass is 280 g/mol. The van der Waals surface area contributed by atoms with E-state index in [2.05, 4.69) is 18.2 Å². The average molecular weight is 280 g/mol. The number of fused-ring (bicyclic) bond motifs is 1. The van der Waals surface area contributed by atoms with E-state index in [9.17, 15) is 4.79 Å². The number of hydrogen-bond donors (Lipinski definition) is 2. The molecule has 1 atom stereocenters. The van der Waals surface area contributed by atoms with Crippen LogP contribution in [-0.4, -0.2) is 5.91 Å². The fourth-order valence-corrected chi connectivity index (χ4v) is 3.45. The molecule has 0 bridgehead atoms. The van der Waals surface area contributed by atoms with Crippen molar-refractivity contribution in [2.24, 2.45) is 11.5 Å². The topological polar surface area (TPSA) is 69.1 Å². The summed E-state index contributed by atoms with van der Waals surface area (Å²) in [4.78, 5) is 11.4. The number of carbonyl (C=O) groups excluding carboxylic acids is 1. The lowest BCUT2D eigenvalue weighted by Gasteiger charge is -2.16. The molecule has 0 aromatic heterocycles. The Morgan fingerprint density at radius 3 is 2.48 bits per heavy atom. The zero-order valence-corrected chi connectivity index (χ0v) is 12.4. The van der Waals surface area contributed by atoms with Crippen LogP contribution in [0.3, 0.4) is 0 Å². The molecule has 0 spiro atoms. The van der Waals surface area contributed by atoms with Crippen molar-refractivity contribution in [3.05, 3.63) is 58.1 Å². The van der Waals surface area contributed by atoms with Gasteiger partial charge in [-0.05, 0) is 72.2 Å². The van der Waals surface area contributed by atoms with Gasteiger partial charge in [-0.2, -0.15) is 0 Å². The number of benzene rings is 2. The average Bonchev–Trinajstić information content (AvgIpc) is 2.80. The third-order valence-electron chi connectivity index (χ3n) is 4.40. The Hall–Kier alpha value is -2.13. The molecule has 3 rings (SSSR count). The number of hydrogen-bond acceptors (Lipinski definition) is 2. The van der Waals surface area contributed by atoms with E-state index < -0.39 is 0 Å². The highest BCUT2D eigenvalue weighted by Gasteiger charge is 2.23. The Morgan fingerprint density at radius 2 is 1.86 bits per heavy atom. The summed E-state index contributed by atoms with van der Waals surface area (Å²) >= 11 is 0.